The monoisotopic (exact) mass is 246 g/mol. The summed E-state index contributed by atoms with van der Waals surface area (Å²) < 4.78 is 0. The number of thioether (sulfide) groups is 1. The molecule has 17 heavy (non-hydrogen) atoms. The molecule has 3 heteroatoms. The minimum Gasteiger partial charge on any atom is -0.299 e. The molecule has 1 aliphatic rings. The topological polar surface area (TPSA) is 35.8 Å². The smallest absolute Gasteiger partial charge is 0.0963 e. The lowest BCUT2D eigenvalue weighted by molar-refractivity contribution is 0.587. The molecule has 0 saturated heterocycles. The van der Waals surface area contributed by atoms with Gasteiger partial charge in [-0.05, 0) is 38.3 Å². The molecule has 0 heterocycles. The van der Waals surface area contributed by atoms with Gasteiger partial charge in [0.2, 0.25) is 0 Å². The van der Waals surface area contributed by atoms with Gasteiger partial charge in [0.05, 0.1) is 12.1 Å². The van der Waals surface area contributed by atoms with Gasteiger partial charge in [-0.15, -0.1) is 11.8 Å². The van der Waals surface area contributed by atoms with E-state index in [1.807, 2.05) is 11.8 Å². The van der Waals surface area contributed by atoms with Gasteiger partial charge in [0.25, 0.3) is 0 Å². The second-order valence-corrected chi connectivity index (χ2v) is 5.74. The fraction of sp³-hybridized carbons (Fsp3) is 0.500. The molecule has 1 aliphatic carbocycles. The van der Waals surface area contributed by atoms with Crippen LogP contribution in [-0.2, 0) is 0 Å². The van der Waals surface area contributed by atoms with Crippen molar-refractivity contribution >= 4 is 11.8 Å². The van der Waals surface area contributed by atoms with Crippen LogP contribution in [0.2, 0.25) is 0 Å². The number of hydrogen-bond donors (Lipinski definition) is 1. The Labute approximate surface area is 107 Å². The first kappa shape index (κ1) is 12.5. The van der Waals surface area contributed by atoms with Crippen LogP contribution in [0.5, 0.6) is 0 Å². The van der Waals surface area contributed by atoms with Gasteiger partial charge in [0, 0.05) is 16.7 Å². The molecule has 2 rings (SSSR count). The Hall–Kier alpha value is -0.980. The molecular weight excluding hydrogens is 228 g/mol. The third-order valence-corrected chi connectivity index (χ3v) is 3.91. The predicted molar refractivity (Wildman–Crippen MR) is 72.1 cm³/mol. The average Bonchev–Trinajstić information content (AvgIpc) is 3.14. The maximum atomic E-state index is 9.01. The summed E-state index contributed by atoms with van der Waals surface area (Å²) in [7, 11) is 0. The lowest BCUT2D eigenvalue weighted by atomic mass is 10.2. The Morgan fingerprint density at radius 1 is 1.41 bits per heavy atom. The van der Waals surface area contributed by atoms with Gasteiger partial charge in [-0.1, -0.05) is 17.7 Å². The lowest BCUT2D eigenvalue weighted by Crippen LogP contribution is -2.29. The van der Waals surface area contributed by atoms with Crippen molar-refractivity contribution in [1.29, 1.82) is 5.26 Å². The van der Waals surface area contributed by atoms with Crippen LogP contribution >= 0.6 is 11.8 Å². The summed E-state index contributed by atoms with van der Waals surface area (Å²) in [5.41, 5.74) is 1.29. The molecule has 1 aromatic rings. The van der Waals surface area contributed by atoms with Crippen LogP contribution in [0, 0.1) is 18.3 Å². The molecule has 0 spiro atoms. The molecule has 2 nitrogen and oxygen atoms in total. The van der Waals surface area contributed by atoms with Crippen LogP contribution in [0.4, 0.5) is 0 Å². The third-order valence-electron chi connectivity index (χ3n) is 2.87. The van der Waals surface area contributed by atoms with E-state index in [0.717, 1.165) is 12.2 Å². The Morgan fingerprint density at radius 3 is 2.71 bits per heavy atom. The van der Waals surface area contributed by atoms with Crippen LogP contribution < -0.4 is 5.32 Å². The average molecular weight is 246 g/mol. The van der Waals surface area contributed by atoms with Gasteiger partial charge >= 0.3 is 0 Å². The molecule has 1 atom stereocenters. The van der Waals surface area contributed by atoms with Crippen molar-refractivity contribution in [2.24, 2.45) is 0 Å². The fourth-order valence-corrected chi connectivity index (χ4v) is 2.57. The predicted octanol–water partition coefficient (Wildman–Crippen LogP) is 3.12. The van der Waals surface area contributed by atoms with E-state index in [1.165, 1.54) is 23.3 Å². The van der Waals surface area contributed by atoms with Crippen molar-refractivity contribution in [2.45, 2.75) is 43.2 Å². The highest BCUT2D eigenvalue weighted by atomic mass is 32.2. The standard InChI is InChI=1S/C14H18N2S/c1-11-2-6-14(7-3-11)17-9-8-13(10-15)16-12-4-5-12/h2-3,6-7,12-13,16H,4-5,8-9H2,1H3. The first-order valence-corrected chi connectivity index (χ1v) is 7.11. The normalized spacial score (nSPS) is 16.5. The zero-order valence-electron chi connectivity index (χ0n) is 10.1. The largest absolute Gasteiger partial charge is 0.299 e. The number of nitrogens with one attached hydrogen (secondary N) is 1. The molecule has 0 amide bonds. The zero-order valence-corrected chi connectivity index (χ0v) is 11.0. The van der Waals surface area contributed by atoms with E-state index in [0.29, 0.717) is 6.04 Å². The SMILES string of the molecule is Cc1ccc(SCCC(C#N)NC2CC2)cc1. The summed E-state index contributed by atoms with van der Waals surface area (Å²) >= 11 is 1.83. The highest BCUT2D eigenvalue weighted by Gasteiger charge is 2.24. The Kier molecular flexibility index (Phi) is 4.47. The van der Waals surface area contributed by atoms with Gasteiger partial charge < -0.3 is 0 Å². The van der Waals surface area contributed by atoms with Crippen molar-refractivity contribution in [3.05, 3.63) is 29.8 Å². The number of benzene rings is 1. The maximum absolute atomic E-state index is 9.01. The summed E-state index contributed by atoms with van der Waals surface area (Å²) in [5, 5.41) is 12.4. The molecule has 1 saturated carbocycles. The summed E-state index contributed by atoms with van der Waals surface area (Å²) in [6.07, 6.45) is 3.40. The highest BCUT2D eigenvalue weighted by Crippen LogP contribution is 2.22. The van der Waals surface area contributed by atoms with Crippen LogP contribution in [-0.4, -0.2) is 17.8 Å². The first-order valence-electron chi connectivity index (χ1n) is 6.13. The molecule has 90 valence electrons. The molecular formula is C14H18N2S. The van der Waals surface area contributed by atoms with E-state index in [-0.39, 0.29) is 6.04 Å². The van der Waals surface area contributed by atoms with Crippen LogP contribution in [0.3, 0.4) is 0 Å². The summed E-state index contributed by atoms with van der Waals surface area (Å²) in [5.74, 6) is 1.00. The minimum atomic E-state index is 0.0282. The number of rotatable bonds is 6. The van der Waals surface area contributed by atoms with E-state index < -0.39 is 0 Å². The highest BCUT2D eigenvalue weighted by molar-refractivity contribution is 7.99. The van der Waals surface area contributed by atoms with Crippen molar-refractivity contribution in [3.63, 3.8) is 0 Å². The Balaban J connectivity index is 1.70. The molecule has 0 aromatic heterocycles. The number of aryl methyl sites for hydroxylation is 1. The molecule has 0 aliphatic heterocycles. The Morgan fingerprint density at radius 2 is 2.12 bits per heavy atom. The second-order valence-electron chi connectivity index (χ2n) is 4.57. The summed E-state index contributed by atoms with van der Waals surface area (Å²) in [4.78, 5) is 1.29. The van der Waals surface area contributed by atoms with Crippen molar-refractivity contribution in [2.75, 3.05) is 5.75 Å². The zero-order chi connectivity index (χ0) is 12.1. The minimum absolute atomic E-state index is 0.0282. The fourth-order valence-electron chi connectivity index (χ4n) is 1.65. The van der Waals surface area contributed by atoms with E-state index in [9.17, 15) is 0 Å². The third kappa shape index (κ3) is 4.41. The van der Waals surface area contributed by atoms with Crippen molar-refractivity contribution in [1.82, 2.24) is 5.32 Å². The number of nitrogens with zero attached hydrogens (tertiary/aromatic N) is 1. The van der Waals surface area contributed by atoms with Gasteiger partial charge in [0.15, 0.2) is 0 Å². The molecule has 1 unspecified atom stereocenters. The molecule has 1 fully saturated rings. The summed E-state index contributed by atoms with van der Waals surface area (Å²) in [6.45, 7) is 2.10. The van der Waals surface area contributed by atoms with E-state index in [1.54, 1.807) is 0 Å². The number of hydrogen-bond acceptors (Lipinski definition) is 3. The van der Waals surface area contributed by atoms with Gasteiger partial charge in [-0.3, -0.25) is 5.32 Å². The van der Waals surface area contributed by atoms with Crippen LogP contribution in [0.1, 0.15) is 24.8 Å². The molecule has 1 aromatic carbocycles. The first-order chi connectivity index (χ1) is 8.28. The van der Waals surface area contributed by atoms with E-state index in [2.05, 4.69) is 42.6 Å². The van der Waals surface area contributed by atoms with E-state index in [4.69, 9.17) is 5.26 Å². The molecule has 1 N–H and O–H groups in total. The quantitative estimate of drug-likeness (QED) is 0.783. The van der Waals surface area contributed by atoms with Crippen LogP contribution in [0.15, 0.2) is 29.2 Å². The Bertz CT molecular complexity index is 390. The lowest BCUT2D eigenvalue weighted by Gasteiger charge is -2.10. The van der Waals surface area contributed by atoms with Crippen molar-refractivity contribution < 1.29 is 0 Å². The molecule has 0 radical (unpaired) electrons. The second kappa shape index (κ2) is 6.09. The van der Waals surface area contributed by atoms with Gasteiger partial charge in [-0.2, -0.15) is 5.26 Å². The van der Waals surface area contributed by atoms with Gasteiger partial charge in [-0.25, -0.2) is 0 Å². The van der Waals surface area contributed by atoms with Crippen LogP contribution in [0.25, 0.3) is 0 Å². The molecule has 0 bridgehead atoms. The number of nitriles is 1. The van der Waals surface area contributed by atoms with E-state index >= 15 is 0 Å². The van der Waals surface area contributed by atoms with Gasteiger partial charge in [0.1, 0.15) is 0 Å². The maximum Gasteiger partial charge on any atom is 0.0963 e. The summed E-state index contributed by atoms with van der Waals surface area (Å²) in [6, 6.07) is 11.5. The van der Waals surface area contributed by atoms with Crippen molar-refractivity contribution in [3.8, 4) is 6.07 Å².